The van der Waals surface area contributed by atoms with Gasteiger partial charge in [0.25, 0.3) is 0 Å². The van der Waals surface area contributed by atoms with Crippen LogP contribution in [0.25, 0.3) is 5.76 Å². The Morgan fingerprint density at radius 3 is 2.33 bits per heavy atom. The summed E-state index contributed by atoms with van der Waals surface area (Å²) >= 11 is 0. The highest BCUT2D eigenvalue weighted by atomic mass is 16.5. The molecule has 6 rings (SSSR count). The van der Waals surface area contributed by atoms with Crippen LogP contribution in [0.3, 0.4) is 0 Å². The minimum atomic E-state index is -0.280. The van der Waals surface area contributed by atoms with Crippen molar-refractivity contribution in [3.63, 3.8) is 0 Å². The van der Waals surface area contributed by atoms with Crippen LogP contribution in [0.15, 0.2) is 66.2 Å². The van der Waals surface area contributed by atoms with Crippen molar-refractivity contribution in [1.29, 1.82) is 0 Å². The number of rotatable bonds is 7. The van der Waals surface area contributed by atoms with Gasteiger partial charge >= 0.3 is 0 Å². The molecule has 0 aliphatic carbocycles. The SMILES string of the molecule is COc1ccc2c(c1)CC1=C(O2)c2ccc(OC)cc2OC1c1ccc(OCCN2CCCC2)cc1. The van der Waals surface area contributed by atoms with Crippen molar-refractivity contribution >= 4 is 5.76 Å². The Bertz CT molecular complexity index is 1280. The van der Waals surface area contributed by atoms with E-state index in [1.54, 1.807) is 14.2 Å². The molecule has 0 radical (unpaired) electrons. The van der Waals surface area contributed by atoms with E-state index in [1.807, 2.05) is 48.5 Å². The van der Waals surface area contributed by atoms with E-state index in [4.69, 9.17) is 23.7 Å². The van der Waals surface area contributed by atoms with Gasteiger partial charge in [0.05, 0.1) is 19.8 Å². The van der Waals surface area contributed by atoms with Crippen LogP contribution in [0.2, 0.25) is 0 Å². The van der Waals surface area contributed by atoms with E-state index in [2.05, 4.69) is 17.0 Å². The molecule has 0 spiro atoms. The summed E-state index contributed by atoms with van der Waals surface area (Å²) in [5, 5.41) is 0. The third-order valence-electron chi connectivity index (χ3n) is 7.20. The first-order valence-electron chi connectivity index (χ1n) is 12.6. The standard InChI is InChI=1S/C30H31NO5/c1-32-23-10-12-27-21(17-23)18-26-29(36-28-19-24(33-2)9-11-25(28)30(26)35-27)20-5-7-22(8-6-20)34-16-15-31-13-3-4-14-31/h5-12,17,19,29H,3-4,13-16,18H2,1-2H3. The lowest BCUT2D eigenvalue weighted by molar-refractivity contribution is 0.223. The third kappa shape index (κ3) is 4.37. The quantitative estimate of drug-likeness (QED) is 0.431. The number of likely N-dealkylation sites (tertiary alicyclic amines) is 1. The van der Waals surface area contributed by atoms with Crippen LogP contribution < -0.4 is 23.7 Å². The fourth-order valence-electron chi connectivity index (χ4n) is 5.24. The third-order valence-corrected chi connectivity index (χ3v) is 7.20. The first-order chi connectivity index (χ1) is 17.7. The zero-order chi connectivity index (χ0) is 24.5. The lowest BCUT2D eigenvalue weighted by atomic mass is 9.88. The molecule has 1 atom stereocenters. The molecule has 3 aromatic carbocycles. The van der Waals surface area contributed by atoms with Gasteiger partial charge in [-0.3, -0.25) is 4.90 Å². The Morgan fingerprint density at radius 1 is 0.833 bits per heavy atom. The Balaban J connectivity index is 1.29. The number of ether oxygens (including phenoxy) is 5. The average molecular weight is 486 g/mol. The predicted molar refractivity (Wildman–Crippen MR) is 138 cm³/mol. The maximum Gasteiger partial charge on any atom is 0.149 e. The number of nitrogens with zero attached hydrogens (tertiary/aromatic N) is 1. The van der Waals surface area contributed by atoms with Crippen molar-refractivity contribution in [2.24, 2.45) is 0 Å². The second kappa shape index (κ2) is 9.78. The van der Waals surface area contributed by atoms with Crippen LogP contribution in [-0.2, 0) is 6.42 Å². The summed E-state index contributed by atoms with van der Waals surface area (Å²) in [7, 11) is 3.34. The number of fused-ring (bicyclic) bond motifs is 3. The first-order valence-corrected chi connectivity index (χ1v) is 12.6. The summed E-state index contributed by atoms with van der Waals surface area (Å²) in [6, 6.07) is 20.1. The molecular formula is C30H31NO5. The minimum absolute atomic E-state index is 0.280. The second-order valence-corrected chi connectivity index (χ2v) is 9.43. The van der Waals surface area contributed by atoms with Crippen molar-refractivity contribution < 1.29 is 23.7 Å². The molecule has 0 aromatic heterocycles. The maximum atomic E-state index is 6.59. The van der Waals surface area contributed by atoms with E-state index < -0.39 is 0 Å². The summed E-state index contributed by atoms with van der Waals surface area (Å²) in [5.74, 6) is 4.89. The van der Waals surface area contributed by atoms with Gasteiger partial charge in [0.1, 0.15) is 47.2 Å². The summed E-state index contributed by atoms with van der Waals surface area (Å²) in [6.07, 6.45) is 3.03. The van der Waals surface area contributed by atoms with E-state index in [0.717, 1.165) is 63.3 Å². The predicted octanol–water partition coefficient (Wildman–Crippen LogP) is 5.66. The van der Waals surface area contributed by atoms with Crippen LogP contribution in [0.5, 0.6) is 28.7 Å². The molecule has 3 aromatic rings. The van der Waals surface area contributed by atoms with Crippen molar-refractivity contribution in [3.05, 3.63) is 82.9 Å². The van der Waals surface area contributed by atoms with Gasteiger partial charge in [0.15, 0.2) is 0 Å². The van der Waals surface area contributed by atoms with Crippen molar-refractivity contribution in [1.82, 2.24) is 4.90 Å². The zero-order valence-corrected chi connectivity index (χ0v) is 20.8. The van der Waals surface area contributed by atoms with E-state index in [0.29, 0.717) is 13.0 Å². The summed E-state index contributed by atoms with van der Waals surface area (Å²) < 4.78 is 30.0. The molecule has 1 unspecified atom stereocenters. The molecule has 0 amide bonds. The Kier molecular flexibility index (Phi) is 6.20. The molecule has 1 saturated heterocycles. The number of hydrogen-bond donors (Lipinski definition) is 0. The van der Waals surface area contributed by atoms with Crippen LogP contribution in [-0.4, -0.2) is 45.4 Å². The molecule has 0 saturated carbocycles. The molecule has 6 heteroatoms. The lowest BCUT2D eigenvalue weighted by Gasteiger charge is -2.34. The Labute approximate surface area is 212 Å². The molecule has 6 nitrogen and oxygen atoms in total. The minimum Gasteiger partial charge on any atom is -0.497 e. The molecule has 0 bridgehead atoms. The summed E-state index contributed by atoms with van der Waals surface area (Å²) in [6.45, 7) is 4.04. The van der Waals surface area contributed by atoms with Crippen molar-refractivity contribution in [2.75, 3.05) is 40.5 Å². The lowest BCUT2D eigenvalue weighted by Crippen LogP contribution is -2.25. The van der Waals surface area contributed by atoms with Crippen LogP contribution in [0.4, 0.5) is 0 Å². The van der Waals surface area contributed by atoms with E-state index >= 15 is 0 Å². The fourth-order valence-corrected chi connectivity index (χ4v) is 5.24. The summed E-state index contributed by atoms with van der Waals surface area (Å²) in [4.78, 5) is 2.46. The Hall–Kier alpha value is -3.64. The van der Waals surface area contributed by atoms with Gasteiger partial charge in [-0.05, 0) is 74.0 Å². The number of hydrogen-bond acceptors (Lipinski definition) is 6. The fraction of sp³-hybridized carbons (Fsp3) is 0.333. The van der Waals surface area contributed by atoms with Crippen LogP contribution in [0, 0.1) is 0 Å². The van der Waals surface area contributed by atoms with Crippen LogP contribution >= 0.6 is 0 Å². The van der Waals surface area contributed by atoms with Gasteiger partial charge in [-0.25, -0.2) is 0 Å². The number of benzene rings is 3. The van der Waals surface area contributed by atoms with Crippen LogP contribution in [0.1, 0.15) is 35.6 Å². The summed E-state index contributed by atoms with van der Waals surface area (Å²) in [5.41, 5.74) is 4.17. The van der Waals surface area contributed by atoms with Gasteiger partial charge in [-0.15, -0.1) is 0 Å². The van der Waals surface area contributed by atoms with Gasteiger partial charge in [-0.1, -0.05) is 12.1 Å². The highest BCUT2D eigenvalue weighted by Gasteiger charge is 2.35. The molecule has 36 heavy (non-hydrogen) atoms. The zero-order valence-electron chi connectivity index (χ0n) is 20.8. The van der Waals surface area contributed by atoms with Crippen molar-refractivity contribution in [3.8, 4) is 28.7 Å². The van der Waals surface area contributed by atoms with Gasteiger partial charge in [0.2, 0.25) is 0 Å². The molecule has 3 aliphatic rings. The van der Waals surface area contributed by atoms with E-state index in [-0.39, 0.29) is 6.10 Å². The molecule has 3 heterocycles. The molecule has 3 aliphatic heterocycles. The normalized spacial score (nSPS) is 18.4. The van der Waals surface area contributed by atoms with E-state index in [9.17, 15) is 0 Å². The monoisotopic (exact) mass is 485 g/mol. The highest BCUT2D eigenvalue weighted by Crippen LogP contribution is 2.49. The molecule has 1 fully saturated rings. The maximum absolute atomic E-state index is 6.59. The molecular weight excluding hydrogens is 454 g/mol. The topological polar surface area (TPSA) is 49.4 Å². The van der Waals surface area contributed by atoms with E-state index in [1.165, 1.54) is 25.9 Å². The van der Waals surface area contributed by atoms with Gasteiger partial charge in [0, 0.05) is 30.2 Å². The van der Waals surface area contributed by atoms with Gasteiger partial charge < -0.3 is 23.7 Å². The highest BCUT2D eigenvalue weighted by molar-refractivity contribution is 5.76. The first kappa shape index (κ1) is 22.8. The smallest absolute Gasteiger partial charge is 0.149 e. The van der Waals surface area contributed by atoms with Crippen molar-refractivity contribution in [2.45, 2.75) is 25.4 Å². The largest absolute Gasteiger partial charge is 0.497 e. The number of methoxy groups -OCH3 is 2. The molecule has 186 valence electrons. The second-order valence-electron chi connectivity index (χ2n) is 9.43. The average Bonchev–Trinajstić information content (AvgIpc) is 3.45. The Morgan fingerprint density at radius 2 is 1.56 bits per heavy atom. The van der Waals surface area contributed by atoms with Gasteiger partial charge in [-0.2, -0.15) is 0 Å². The molecule has 0 N–H and O–H groups in total.